The van der Waals surface area contributed by atoms with Gasteiger partial charge in [0.05, 0.1) is 13.2 Å². The van der Waals surface area contributed by atoms with Crippen molar-refractivity contribution in [1.29, 1.82) is 5.26 Å². The highest BCUT2D eigenvalue weighted by Gasteiger charge is 2.31. The van der Waals surface area contributed by atoms with Crippen LogP contribution < -0.4 is 14.9 Å². The second-order valence-corrected chi connectivity index (χ2v) is 5.94. The average Bonchev–Trinajstić information content (AvgIpc) is 3.02. The summed E-state index contributed by atoms with van der Waals surface area (Å²) in [6, 6.07) is 5.93. The summed E-state index contributed by atoms with van der Waals surface area (Å²) in [6.45, 7) is 2.98. The fourth-order valence-electron chi connectivity index (χ4n) is 2.53. The fourth-order valence-corrected chi connectivity index (χ4v) is 2.72. The van der Waals surface area contributed by atoms with E-state index < -0.39 is 12.9 Å². The van der Waals surface area contributed by atoms with E-state index in [0.29, 0.717) is 18.8 Å². The van der Waals surface area contributed by atoms with E-state index in [9.17, 15) is 14.7 Å². The van der Waals surface area contributed by atoms with Gasteiger partial charge >= 0.3 is 7.12 Å². The first kappa shape index (κ1) is 19.4. The Morgan fingerprint density at radius 2 is 2.19 bits per heavy atom. The molecule has 1 N–H and O–H groups in total. The van der Waals surface area contributed by atoms with Gasteiger partial charge in [0.25, 0.3) is 0 Å². The third kappa shape index (κ3) is 4.31. The minimum atomic E-state index is -1.30. The summed E-state index contributed by atoms with van der Waals surface area (Å²) in [5, 5.41) is 18.9. The summed E-state index contributed by atoms with van der Waals surface area (Å²) < 4.78 is 35.4. The fraction of sp³-hybridized carbons (Fsp3) is 0.294. The molecule has 140 valence electrons. The van der Waals surface area contributed by atoms with E-state index in [0.717, 1.165) is 6.07 Å². The first-order valence-electron chi connectivity index (χ1n) is 8.14. The van der Waals surface area contributed by atoms with E-state index in [4.69, 9.17) is 30.5 Å². The third-order valence-corrected chi connectivity index (χ3v) is 4.02. The van der Waals surface area contributed by atoms with Crippen LogP contribution in [0.4, 0.5) is 4.39 Å². The first-order chi connectivity index (χ1) is 13.0. The lowest BCUT2D eigenvalue weighted by Crippen LogP contribution is -2.31. The zero-order chi connectivity index (χ0) is 19.4. The highest BCUT2D eigenvalue weighted by atomic mass is 35.5. The van der Waals surface area contributed by atoms with Crippen LogP contribution in [0.3, 0.4) is 0 Å². The van der Waals surface area contributed by atoms with Crippen LogP contribution >= 0.6 is 11.6 Å². The lowest BCUT2D eigenvalue weighted by molar-refractivity contribution is 0.108. The van der Waals surface area contributed by atoms with Crippen molar-refractivity contribution < 1.29 is 28.3 Å². The van der Waals surface area contributed by atoms with Gasteiger partial charge in [-0.05, 0) is 24.6 Å². The summed E-state index contributed by atoms with van der Waals surface area (Å²) in [6.07, 6.45) is 0. The zero-order valence-electron chi connectivity index (χ0n) is 14.4. The maximum atomic E-state index is 14.2. The first-order valence-corrected chi connectivity index (χ1v) is 8.52. The molecule has 0 spiro atoms. The Bertz CT molecular complexity index is 893. The smallest absolute Gasteiger partial charge is 0.474 e. The van der Waals surface area contributed by atoms with Crippen molar-refractivity contribution in [2.75, 3.05) is 19.8 Å². The molecule has 1 aromatic carbocycles. The highest BCUT2D eigenvalue weighted by Crippen LogP contribution is 2.33. The lowest BCUT2D eigenvalue weighted by atomic mass is 9.79. The Morgan fingerprint density at radius 1 is 1.37 bits per heavy atom. The molecule has 10 heteroatoms. The number of benzene rings is 1. The number of pyridine rings is 1. The third-order valence-electron chi connectivity index (χ3n) is 3.75. The van der Waals surface area contributed by atoms with Gasteiger partial charge in [0, 0.05) is 18.1 Å². The van der Waals surface area contributed by atoms with Crippen molar-refractivity contribution >= 4 is 24.2 Å². The molecule has 0 radical (unpaired) electrons. The van der Waals surface area contributed by atoms with E-state index in [1.165, 1.54) is 12.1 Å². The molecule has 1 aromatic heterocycles. The van der Waals surface area contributed by atoms with Gasteiger partial charge in [-0.3, -0.25) is 0 Å². The van der Waals surface area contributed by atoms with Gasteiger partial charge in [0.1, 0.15) is 34.8 Å². The van der Waals surface area contributed by atoms with Crippen molar-refractivity contribution in [3.63, 3.8) is 0 Å². The SMILES string of the molecule is CCOCCOc1nc(Oc2cc(F)c3c(c2)COB3O)c(Cl)cc1C#N. The number of halogens is 2. The maximum Gasteiger partial charge on any atom is 0.494 e. The normalized spacial score (nSPS) is 12.6. The Labute approximate surface area is 160 Å². The molecule has 27 heavy (non-hydrogen) atoms. The predicted molar refractivity (Wildman–Crippen MR) is 94.8 cm³/mol. The van der Waals surface area contributed by atoms with E-state index in [-0.39, 0.29) is 46.8 Å². The van der Waals surface area contributed by atoms with E-state index >= 15 is 0 Å². The van der Waals surface area contributed by atoms with Crippen LogP contribution in [0.25, 0.3) is 0 Å². The molecule has 7 nitrogen and oxygen atoms in total. The molecule has 3 rings (SSSR count). The van der Waals surface area contributed by atoms with E-state index in [1.807, 2.05) is 13.0 Å². The van der Waals surface area contributed by atoms with Gasteiger partial charge in [0.2, 0.25) is 11.8 Å². The van der Waals surface area contributed by atoms with Gasteiger partial charge in [-0.15, -0.1) is 0 Å². The zero-order valence-corrected chi connectivity index (χ0v) is 15.1. The quantitative estimate of drug-likeness (QED) is 0.570. The molecular weight excluding hydrogens is 377 g/mol. The number of ether oxygens (including phenoxy) is 3. The molecule has 0 unspecified atom stereocenters. The van der Waals surface area contributed by atoms with Crippen LogP contribution in [0, 0.1) is 17.1 Å². The summed E-state index contributed by atoms with van der Waals surface area (Å²) in [7, 11) is -1.30. The predicted octanol–water partition coefficient (Wildman–Crippen LogP) is 2.17. The molecule has 2 aromatic rings. The van der Waals surface area contributed by atoms with Crippen LogP contribution in [0.15, 0.2) is 18.2 Å². The van der Waals surface area contributed by atoms with Crippen molar-refractivity contribution in [2.45, 2.75) is 13.5 Å². The number of rotatable bonds is 7. The summed E-state index contributed by atoms with van der Waals surface area (Å²) in [5.41, 5.74) is 0.692. The minimum Gasteiger partial charge on any atom is -0.474 e. The molecule has 1 aliphatic rings. The van der Waals surface area contributed by atoms with Crippen molar-refractivity contribution in [2.24, 2.45) is 0 Å². The number of nitriles is 1. The number of fused-ring (bicyclic) bond motifs is 1. The Balaban J connectivity index is 1.84. The van der Waals surface area contributed by atoms with E-state index in [1.54, 1.807) is 0 Å². The van der Waals surface area contributed by atoms with Gasteiger partial charge < -0.3 is 23.9 Å². The van der Waals surface area contributed by atoms with Gasteiger partial charge in [-0.2, -0.15) is 10.2 Å². The van der Waals surface area contributed by atoms with Crippen LogP contribution in [0.5, 0.6) is 17.5 Å². The molecule has 0 amide bonds. The topological polar surface area (TPSA) is 93.8 Å². The molecule has 0 saturated carbocycles. The average molecular weight is 393 g/mol. The standard InChI is InChI=1S/C17H15BClFN2O5/c1-2-24-3-4-25-16-10(8-21)6-13(19)17(22-16)27-12-5-11-9-26-18(23)15(11)14(20)7-12/h5-7,23H,2-4,9H2,1H3. The highest BCUT2D eigenvalue weighted by molar-refractivity contribution is 6.61. The lowest BCUT2D eigenvalue weighted by Gasteiger charge is -2.12. The number of hydrogen-bond acceptors (Lipinski definition) is 7. The summed E-state index contributed by atoms with van der Waals surface area (Å²) >= 11 is 6.12. The molecular formula is C17H15BClFN2O5. The van der Waals surface area contributed by atoms with Gasteiger partial charge in [-0.1, -0.05) is 11.6 Å². The number of aromatic nitrogens is 1. The van der Waals surface area contributed by atoms with Crippen LogP contribution in [0.2, 0.25) is 5.02 Å². The second-order valence-electron chi connectivity index (χ2n) is 5.53. The largest absolute Gasteiger partial charge is 0.494 e. The van der Waals surface area contributed by atoms with Crippen LogP contribution in [-0.4, -0.2) is 36.9 Å². The Morgan fingerprint density at radius 3 is 2.93 bits per heavy atom. The van der Waals surface area contributed by atoms with Crippen LogP contribution in [-0.2, 0) is 16.0 Å². The Kier molecular flexibility index (Phi) is 6.13. The molecule has 2 heterocycles. The Hall–Kier alpha value is -2.38. The van der Waals surface area contributed by atoms with Crippen molar-refractivity contribution in [3.8, 4) is 23.6 Å². The van der Waals surface area contributed by atoms with Gasteiger partial charge in [-0.25, -0.2) is 4.39 Å². The monoisotopic (exact) mass is 392 g/mol. The van der Waals surface area contributed by atoms with Crippen LogP contribution in [0.1, 0.15) is 18.1 Å². The van der Waals surface area contributed by atoms with Crippen molar-refractivity contribution in [1.82, 2.24) is 4.98 Å². The van der Waals surface area contributed by atoms with E-state index in [2.05, 4.69) is 4.98 Å². The second kappa shape index (κ2) is 8.54. The number of hydrogen-bond donors (Lipinski definition) is 1. The molecule has 0 atom stereocenters. The summed E-state index contributed by atoms with van der Waals surface area (Å²) in [4.78, 5) is 4.12. The summed E-state index contributed by atoms with van der Waals surface area (Å²) in [5.74, 6) is -0.535. The molecule has 1 aliphatic heterocycles. The minimum absolute atomic E-state index is 0.0389. The van der Waals surface area contributed by atoms with Gasteiger partial charge in [0.15, 0.2) is 0 Å². The molecule has 0 aliphatic carbocycles. The molecule has 0 bridgehead atoms. The molecule has 0 saturated heterocycles. The maximum absolute atomic E-state index is 14.2. The molecule has 0 fully saturated rings. The number of nitrogens with zero attached hydrogens (tertiary/aromatic N) is 2. The van der Waals surface area contributed by atoms with Crippen molar-refractivity contribution in [3.05, 3.63) is 40.2 Å².